The minimum Gasteiger partial charge on any atom is -0.322 e. The lowest BCUT2D eigenvalue weighted by atomic mass is 10.2. The van der Waals surface area contributed by atoms with Crippen molar-refractivity contribution < 1.29 is 4.79 Å². The van der Waals surface area contributed by atoms with E-state index in [0.717, 1.165) is 20.0 Å². The molecule has 19 heavy (non-hydrogen) atoms. The van der Waals surface area contributed by atoms with Gasteiger partial charge in [-0.15, -0.1) is 0 Å². The van der Waals surface area contributed by atoms with E-state index in [2.05, 4.69) is 53.1 Å². The highest BCUT2D eigenvalue weighted by Gasteiger charge is 2.10. The minimum absolute atomic E-state index is 0.133. The van der Waals surface area contributed by atoms with Crippen molar-refractivity contribution >= 4 is 59.4 Å². The quantitative estimate of drug-likeness (QED) is 0.630. The maximum atomic E-state index is 12.1. The zero-order chi connectivity index (χ0) is 13.8. The molecule has 5 heteroatoms. The highest BCUT2D eigenvalue weighted by Crippen LogP contribution is 2.23. The molecule has 0 aliphatic heterocycles. The van der Waals surface area contributed by atoms with Crippen LogP contribution in [0.3, 0.4) is 0 Å². The molecule has 0 spiro atoms. The summed E-state index contributed by atoms with van der Waals surface area (Å²) in [7, 11) is 0. The third-order valence-electron chi connectivity index (χ3n) is 2.54. The molecule has 0 aliphatic carbocycles. The number of halogens is 3. The number of hydrogen-bond acceptors (Lipinski definition) is 1. The van der Waals surface area contributed by atoms with Gasteiger partial charge in [-0.25, -0.2) is 0 Å². The zero-order valence-corrected chi connectivity index (χ0v) is 14.5. The number of hydrogen-bond donors (Lipinski definition) is 1. The lowest BCUT2D eigenvalue weighted by Crippen LogP contribution is -2.12. The fourth-order valence-electron chi connectivity index (χ4n) is 1.55. The number of rotatable bonds is 3. The van der Waals surface area contributed by atoms with Gasteiger partial charge in [0.2, 0.25) is 0 Å². The summed E-state index contributed by atoms with van der Waals surface area (Å²) in [5, 5.41) is 3.68. The lowest BCUT2D eigenvalue weighted by molar-refractivity contribution is 0.102. The van der Waals surface area contributed by atoms with E-state index in [1.54, 1.807) is 6.07 Å². The first-order valence-electron chi connectivity index (χ1n) is 5.51. The molecule has 0 radical (unpaired) electrons. The molecule has 1 N–H and O–H groups in total. The largest absolute Gasteiger partial charge is 0.322 e. The Hall–Kier alpha value is -0.650. The normalized spacial score (nSPS) is 10.3. The Labute approximate surface area is 137 Å². The Bertz CT molecular complexity index is 596. The number of carbonyl (C=O) groups excluding carboxylic acids is 1. The molecule has 2 nitrogen and oxygen atoms in total. The van der Waals surface area contributed by atoms with Crippen LogP contribution >= 0.6 is 47.8 Å². The van der Waals surface area contributed by atoms with Crippen LogP contribution in [0, 0.1) is 0 Å². The summed E-state index contributed by atoms with van der Waals surface area (Å²) in [5.41, 5.74) is 2.56. The van der Waals surface area contributed by atoms with Crippen molar-refractivity contribution in [2.45, 2.75) is 5.33 Å². The number of nitrogens with one attached hydrogen (secondary N) is 1. The fourth-order valence-corrected chi connectivity index (χ4v) is 3.15. The molecule has 98 valence electrons. The molecule has 0 heterocycles. The molecule has 0 fully saturated rings. The maximum absolute atomic E-state index is 12.1. The molecule has 0 atom stereocenters. The molecule has 1 amide bonds. The molecule has 0 saturated heterocycles. The zero-order valence-electron chi connectivity index (χ0n) is 9.79. The van der Waals surface area contributed by atoms with Gasteiger partial charge in [-0.3, -0.25) is 4.79 Å². The van der Waals surface area contributed by atoms with Crippen LogP contribution in [0.2, 0.25) is 0 Å². The van der Waals surface area contributed by atoms with Crippen molar-refractivity contribution in [3.8, 4) is 0 Å². The van der Waals surface area contributed by atoms with E-state index in [1.807, 2.05) is 36.4 Å². The highest BCUT2D eigenvalue weighted by molar-refractivity contribution is 9.11. The summed E-state index contributed by atoms with van der Waals surface area (Å²) >= 11 is 10.1. The number of anilines is 1. The SMILES string of the molecule is O=C(Nc1ccc(CBr)cc1)c1ccc(Br)cc1Br. The van der Waals surface area contributed by atoms with Gasteiger partial charge in [0, 0.05) is 20.0 Å². The van der Waals surface area contributed by atoms with Crippen molar-refractivity contribution in [2.24, 2.45) is 0 Å². The van der Waals surface area contributed by atoms with Crippen LogP contribution in [0.5, 0.6) is 0 Å². The van der Waals surface area contributed by atoms with E-state index in [-0.39, 0.29) is 5.91 Å². The fraction of sp³-hybridized carbons (Fsp3) is 0.0714. The molecule has 0 bridgehead atoms. The van der Waals surface area contributed by atoms with Crippen molar-refractivity contribution in [1.29, 1.82) is 0 Å². The first kappa shape index (κ1) is 14.8. The van der Waals surface area contributed by atoms with Crippen LogP contribution in [0.1, 0.15) is 15.9 Å². The molecule has 0 aromatic heterocycles. The summed E-state index contributed by atoms with van der Waals surface area (Å²) in [6.45, 7) is 0. The first-order chi connectivity index (χ1) is 9.10. The van der Waals surface area contributed by atoms with Crippen LogP contribution in [-0.2, 0) is 5.33 Å². The molecule has 0 unspecified atom stereocenters. The van der Waals surface area contributed by atoms with Gasteiger partial charge in [0.05, 0.1) is 5.56 Å². The molecular formula is C14H10Br3NO. The van der Waals surface area contributed by atoms with Gasteiger partial charge < -0.3 is 5.32 Å². The second-order valence-corrected chi connectivity index (χ2v) is 6.24. The monoisotopic (exact) mass is 445 g/mol. The topological polar surface area (TPSA) is 29.1 Å². The van der Waals surface area contributed by atoms with Crippen LogP contribution in [0.25, 0.3) is 0 Å². The van der Waals surface area contributed by atoms with Crippen molar-refractivity contribution in [1.82, 2.24) is 0 Å². The molecule has 2 aromatic rings. The standard InChI is InChI=1S/C14H10Br3NO/c15-8-9-1-4-11(5-2-9)18-14(19)12-6-3-10(16)7-13(12)17/h1-7H,8H2,(H,18,19). The Morgan fingerprint density at radius 1 is 1.05 bits per heavy atom. The Balaban J connectivity index is 2.15. The average molecular weight is 448 g/mol. The number of carbonyl (C=O) groups is 1. The summed E-state index contributed by atoms with van der Waals surface area (Å²) in [6.07, 6.45) is 0. The number of alkyl halides is 1. The van der Waals surface area contributed by atoms with Gasteiger partial charge in [-0.1, -0.05) is 44.0 Å². The second-order valence-electron chi connectivity index (χ2n) is 3.91. The first-order valence-corrected chi connectivity index (χ1v) is 8.22. The van der Waals surface area contributed by atoms with E-state index in [9.17, 15) is 4.79 Å². The molecular weight excluding hydrogens is 438 g/mol. The Morgan fingerprint density at radius 2 is 1.74 bits per heavy atom. The minimum atomic E-state index is -0.133. The van der Waals surface area contributed by atoms with Gasteiger partial charge in [-0.05, 0) is 51.8 Å². The van der Waals surface area contributed by atoms with Gasteiger partial charge in [0.25, 0.3) is 5.91 Å². The summed E-state index contributed by atoms with van der Waals surface area (Å²) < 4.78 is 1.69. The predicted octanol–water partition coefficient (Wildman–Crippen LogP) is 5.36. The predicted molar refractivity (Wildman–Crippen MR) is 88.9 cm³/mol. The molecule has 0 saturated carbocycles. The van der Waals surface area contributed by atoms with E-state index in [1.165, 1.54) is 5.56 Å². The van der Waals surface area contributed by atoms with Crippen LogP contribution < -0.4 is 5.32 Å². The van der Waals surface area contributed by atoms with E-state index in [4.69, 9.17) is 0 Å². The van der Waals surface area contributed by atoms with E-state index in [0.29, 0.717) is 5.56 Å². The third kappa shape index (κ3) is 3.91. The summed E-state index contributed by atoms with van der Waals surface area (Å²) in [6, 6.07) is 13.2. The van der Waals surface area contributed by atoms with Crippen LogP contribution in [0.4, 0.5) is 5.69 Å². The summed E-state index contributed by atoms with van der Waals surface area (Å²) in [4.78, 5) is 12.1. The molecule has 0 aliphatic rings. The molecule has 2 aromatic carbocycles. The van der Waals surface area contributed by atoms with Crippen LogP contribution in [0.15, 0.2) is 51.4 Å². The van der Waals surface area contributed by atoms with Crippen LogP contribution in [-0.4, -0.2) is 5.91 Å². The highest BCUT2D eigenvalue weighted by atomic mass is 79.9. The lowest BCUT2D eigenvalue weighted by Gasteiger charge is -2.07. The van der Waals surface area contributed by atoms with E-state index >= 15 is 0 Å². The van der Waals surface area contributed by atoms with Gasteiger partial charge in [0.1, 0.15) is 0 Å². The van der Waals surface area contributed by atoms with Crippen molar-refractivity contribution in [3.05, 3.63) is 62.5 Å². The van der Waals surface area contributed by atoms with Crippen molar-refractivity contribution in [3.63, 3.8) is 0 Å². The van der Waals surface area contributed by atoms with Gasteiger partial charge >= 0.3 is 0 Å². The second kappa shape index (κ2) is 6.68. The number of benzene rings is 2. The average Bonchev–Trinajstić information content (AvgIpc) is 2.39. The van der Waals surface area contributed by atoms with Gasteiger partial charge in [-0.2, -0.15) is 0 Å². The Kier molecular flexibility index (Phi) is 5.19. The number of amides is 1. The van der Waals surface area contributed by atoms with Gasteiger partial charge in [0.15, 0.2) is 0 Å². The smallest absolute Gasteiger partial charge is 0.256 e. The maximum Gasteiger partial charge on any atom is 0.256 e. The van der Waals surface area contributed by atoms with E-state index < -0.39 is 0 Å². The Morgan fingerprint density at radius 3 is 2.32 bits per heavy atom. The molecule has 2 rings (SSSR count). The summed E-state index contributed by atoms with van der Waals surface area (Å²) in [5.74, 6) is -0.133. The van der Waals surface area contributed by atoms with Crippen molar-refractivity contribution in [2.75, 3.05) is 5.32 Å². The third-order valence-corrected chi connectivity index (χ3v) is 4.34.